The van der Waals surface area contributed by atoms with Gasteiger partial charge in [-0.2, -0.15) is 9.57 Å². The van der Waals surface area contributed by atoms with Gasteiger partial charge in [0, 0.05) is 6.54 Å². The summed E-state index contributed by atoms with van der Waals surface area (Å²) in [5.41, 5.74) is 0. The molecule has 0 bridgehead atoms. The van der Waals surface area contributed by atoms with E-state index < -0.39 is 27.8 Å². The number of nitriles is 1. The summed E-state index contributed by atoms with van der Waals surface area (Å²) in [6, 6.07) is 1.31. The molecule has 1 unspecified atom stereocenters. The summed E-state index contributed by atoms with van der Waals surface area (Å²) in [5, 5.41) is 8.89. The van der Waals surface area contributed by atoms with Gasteiger partial charge in [0.05, 0.1) is 12.7 Å². The fraction of sp³-hybridized carbons (Fsp3) is 0.800. The minimum atomic E-state index is -3.73. The molecule has 1 aliphatic heterocycles. The number of ether oxygens (including phenoxy) is 1. The number of hydrogen-bond acceptors (Lipinski definition) is 5. The lowest BCUT2D eigenvalue weighted by Gasteiger charge is -2.29. The van der Waals surface area contributed by atoms with Crippen molar-refractivity contribution < 1.29 is 17.9 Å². The maximum Gasteiger partial charge on any atom is 0.322 e. The van der Waals surface area contributed by atoms with E-state index in [9.17, 15) is 13.2 Å². The highest BCUT2D eigenvalue weighted by Crippen LogP contribution is 2.20. The molecular formula is C10H16N2O4S. The van der Waals surface area contributed by atoms with Gasteiger partial charge in [0.15, 0.2) is 5.75 Å². The van der Waals surface area contributed by atoms with Crippen molar-refractivity contribution in [1.82, 2.24) is 4.31 Å². The zero-order valence-electron chi connectivity index (χ0n) is 9.76. The summed E-state index contributed by atoms with van der Waals surface area (Å²) < 4.78 is 29.6. The molecule has 0 aliphatic carbocycles. The molecule has 0 radical (unpaired) electrons. The molecule has 1 heterocycles. The number of piperidine rings is 1. The van der Waals surface area contributed by atoms with Crippen LogP contribution in [0.15, 0.2) is 0 Å². The van der Waals surface area contributed by atoms with Crippen molar-refractivity contribution in [3.63, 3.8) is 0 Å². The second kappa shape index (κ2) is 5.98. The third kappa shape index (κ3) is 3.68. The van der Waals surface area contributed by atoms with Gasteiger partial charge in [-0.1, -0.05) is 0 Å². The number of rotatable bonds is 4. The molecule has 0 amide bonds. The van der Waals surface area contributed by atoms with E-state index in [4.69, 9.17) is 5.26 Å². The van der Waals surface area contributed by atoms with Gasteiger partial charge in [0.25, 0.3) is 0 Å². The third-order valence-electron chi connectivity index (χ3n) is 2.57. The van der Waals surface area contributed by atoms with Crippen LogP contribution in [0.1, 0.15) is 26.2 Å². The topological polar surface area (TPSA) is 87.5 Å². The highest BCUT2D eigenvalue weighted by Gasteiger charge is 2.34. The van der Waals surface area contributed by atoms with Gasteiger partial charge < -0.3 is 4.74 Å². The summed E-state index contributed by atoms with van der Waals surface area (Å²) in [5.74, 6) is -1.45. The number of sulfonamides is 1. The smallest absolute Gasteiger partial charge is 0.322 e. The molecule has 1 rings (SSSR count). The average molecular weight is 260 g/mol. The molecule has 1 saturated heterocycles. The second-order valence-corrected chi connectivity index (χ2v) is 5.73. The Bertz CT molecular complexity index is 413. The molecule has 96 valence electrons. The molecule has 0 saturated carbocycles. The monoisotopic (exact) mass is 260 g/mol. The highest BCUT2D eigenvalue weighted by molar-refractivity contribution is 7.89. The fourth-order valence-electron chi connectivity index (χ4n) is 1.80. The first-order valence-corrected chi connectivity index (χ1v) is 7.17. The Morgan fingerprint density at radius 2 is 2.24 bits per heavy atom. The molecule has 6 nitrogen and oxygen atoms in total. The predicted molar refractivity (Wildman–Crippen MR) is 60.4 cm³/mol. The first-order chi connectivity index (χ1) is 8.01. The summed E-state index contributed by atoms with van der Waals surface area (Å²) in [7, 11) is -3.73. The SMILES string of the molecule is CCOC(=O)CS(=O)(=O)N1CCCCC1C#N. The van der Waals surface area contributed by atoms with Gasteiger partial charge in [-0.05, 0) is 26.2 Å². The Labute approximate surface area is 101 Å². The molecule has 1 fully saturated rings. The fourth-order valence-corrected chi connectivity index (χ4v) is 3.30. The molecule has 7 heteroatoms. The maximum atomic E-state index is 11.9. The van der Waals surface area contributed by atoms with E-state index in [-0.39, 0.29) is 6.61 Å². The molecular weight excluding hydrogens is 244 g/mol. The second-order valence-electron chi connectivity index (χ2n) is 3.81. The van der Waals surface area contributed by atoms with E-state index in [1.54, 1.807) is 6.92 Å². The van der Waals surface area contributed by atoms with Crippen LogP contribution in [0.25, 0.3) is 0 Å². The summed E-state index contributed by atoms with van der Waals surface area (Å²) in [6.07, 6.45) is 2.09. The summed E-state index contributed by atoms with van der Waals surface area (Å²) in [4.78, 5) is 11.2. The third-order valence-corrected chi connectivity index (χ3v) is 4.32. The van der Waals surface area contributed by atoms with Crippen LogP contribution in [0.5, 0.6) is 0 Å². The van der Waals surface area contributed by atoms with Crippen LogP contribution >= 0.6 is 0 Å². The van der Waals surface area contributed by atoms with Crippen molar-refractivity contribution in [1.29, 1.82) is 5.26 Å². The van der Waals surface area contributed by atoms with E-state index in [2.05, 4.69) is 4.74 Å². The number of carbonyl (C=O) groups excluding carboxylic acids is 1. The van der Waals surface area contributed by atoms with Crippen LogP contribution in [-0.4, -0.2) is 43.6 Å². The van der Waals surface area contributed by atoms with Crippen molar-refractivity contribution in [2.45, 2.75) is 32.2 Å². The van der Waals surface area contributed by atoms with E-state index in [0.717, 1.165) is 17.1 Å². The number of hydrogen-bond donors (Lipinski definition) is 0. The van der Waals surface area contributed by atoms with Crippen LogP contribution in [0.4, 0.5) is 0 Å². The van der Waals surface area contributed by atoms with Gasteiger partial charge >= 0.3 is 5.97 Å². The van der Waals surface area contributed by atoms with Crippen molar-refractivity contribution in [3.05, 3.63) is 0 Å². The predicted octanol–water partition coefficient (Wildman–Crippen LogP) is 0.257. The summed E-state index contributed by atoms with van der Waals surface area (Å²) in [6.45, 7) is 2.07. The Morgan fingerprint density at radius 3 is 2.82 bits per heavy atom. The average Bonchev–Trinajstić information content (AvgIpc) is 2.28. The highest BCUT2D eigenvalue weighted by atomic mass is 32.2. The van der Waals surface area contributed by atoms with Crippen LogP contribution in [-0.2, 0) is 19.6 Å². The molecule has 1 atom stereocenters. The molecule has 0 N–H and O–H groups in total. The number of carbonyl (C=O) groups is 1. The van der Waals surface area contributed by atoms with Crippen molar-refractivity contribution in [3.8, 4) is 6.07 Å². The van der Waals surface area contributed by atoms with E-state index in [1.165, 1.54) is 0 Å². The normalized spacial score (nSPS) is 21.8. The van der Waals surface area contributed by atoms with Crippen molar-refractivity contribution in [2.24, 2.45) is 0 Å². The van der Waals surface area contributed by atoms with Gasteiger partial charge in [-0.25, -0.2) is 8.42 Å². The van der Waals surface area contributed by atoms with E-state index >= 15 is 0 Å². The molecule has 0 spiro atoms. The number of esters is 1. The quantitative estimate of drug-likeness (QED) is 0.676. The molecule has 0 aromatic carbocycles. The maximum absolute atomic E-state index is 11.9. The largest absolute Gasteiger partial charge is 0.465 e. The van der Waals surface area contributed by atoms with Crippen LogP contribution < -0.4 is 0 Å². The first-order valence-electron chi connectivity index (χ1n) is 5.56. The van der Waals surface area contributed by atoms with Crippen molar-refractivity contribution in [2.75, 3.05) is 18.9 Å². The van der Waals surface area contributed by atoms with Crippen molar-refractivity contribution >= 4 is 16.0 Å². The molecule has 0 aromatic rings. The molecule has 0 aromatic heterocycles. The lowest BCUT2D eigenvalue weighted by Crippen LogP contribution is -2.45. The minimum Gasteiger partial charge on any atom is -0.465 e. The molecule has 17 heavy (non-hydrogen) atoms. The lowest BCUT2D eigenvalue weighted by molar-refractivity contribution is -0.140. The van der Waals surface area contributed by atoms with Crippen LogP contribution in [0.3, 0.4) is 0 Å². The van der Waals surface area contributed by atoms with Crippen LogP contribution in [0.2, 0.25) is 0 Å². The summed E-state index contributed by atoms with van der Waals surface area (Å²) >= 11 is 0. The van der Waals surface area contributed by atoms with Gasteiger partial charge in [-0.15, -0.1) is 0 Å². The lowest BCUT2D eigenvalue weighted by atomic mass is 10.1. The molecule has 1 aliphatic rings. The Morgan fingerprint density at radius 1 is 1.53 bits per heavy atom. The van der Waals surface area contributed by atoms with Gasteiger partial charge in [0.1, 0.15) is 6.04 Å². The Hall–Kier alpha value is -1.13. The van der Waals surface area contributed by atoms with E-state index in [0.29, 0.717) is 13.0 Å². The minimum absolute atomic E-state index is 0.149. The van der Waals surface area contributed by atoms with Gasteiger partial charge in [-0.3, -0.25) is 4.79 Å². The zero-order chi connectivity index (χ0) is 12.9. The zero-order valence-corrected chi connectivity index (χ0v) is 10.6. The first kappa shape index (κ1) is 13.9. The standard InChI is InChI=1S/C10H16N2O4S/c1-2-16-10(13)8-17(14,15)12-6-4-3-5-9(12)7-11/h9H,2-6,8H2,1H3. The van der Waals surface area contributed by atoms with E-state index in [1.807, 2.05) is 6.07 Å². The van der Waals surface area contributed by atoms with Crippen LogP contribution in [0, 0.1) is 11.3 Å². The van der Waals surface area contributed by atoms with Gasteiger partial charge in [0.2, 0.25) is 10.0 Å². The Balaban J connectivity index is 2.75. The number of nitrogens with zero attached hydrogens (tertiary/aromatic N) is 2. The Kier molecular flexibility index (Phi) is 4.90.